The first-order valence-corrected chi connectivity index (χ1v) is 6.29. The number of ether oxygens (including phenoxy) is 1. The van der Waals surface area contributed by atoms with Gasteiger partial charge in [-0.15, -0.1) is 0 Å². The fraction of sp³-hybridized carbons (Fsp3) is 0.462. The fourth-order valence-electron chi connectivity index (χ4n) is 1.56. The van der Waals surface area contributed by atoms with Crippen LogP contribution in [0.15, 0.2) is 18.2 Å². The average Bonchev–Trinajstić information content (AvgIpc) is 2.39. The number of benzene rings is 1. The predicted molar refractivity (Wildman–Crippen MR) is 71.5 cm³/mol. The van der Waals surface area contributed by atoms with Crippen molar-refractivity contribution in [1.82, 2.24) is 5.32 Å². The molecule has 0 aliphatic carbocycles. The molecule has 0 aliphatic heterocycles. The van der Waals surface area contributed by atoms with Crippen molar-refractivity contribution in [3.05, 3.63) is 33.9 Å². The number of rotatable bonds is 7. The Morgan fingerprint density at radius 3 is 2.74 bits per heavy atom. The number of nitrogens with one attached hydrogen (secondary N) is 1. The first kappa shape index (κ1) is 14.9. The predicted octanol–water partition coefficient (Wildman–Crippen LogP) is 2.52. The average molecular weight is 266 g/mol. The number of carbonyl (C=O) groups is 1. The fourth-order valence-corrected chi connectivity index (χ4v) is 1.56. The van der Waals surface area contributed by atoms with Gasteiger partial charge in [0.1, 0.15) is 0 Å². The van der Waals surface area contributed by atoms with E-state index in [9.17, 15) is 14.9 Å². The van der Waals surface area contributed by atoms with Crippen LogP contribution in [0.3, 0.4) is 0 Å². The van der Waals surface area contributed by atoms with Crippen LogP contribution in [0.5, 0.6) is 5.75 Å². The number of amides is 1. The molecule has 6 heteroatoms. The SMILES string of the molecule is CCCCNC(=O)c1ccc(OCC)c([N+](=O)[O-])c1. The van der Waals surface area contributed by atoms with Crippen LogP contribution in [0.4, 0.5) is 5.69 Å². The molecule has 0 heterocycles. The van der Waals surface area contributed by atoms with Gasteiger partial charge in [-0.1, -0.05) is 13.3 Å². The first-order valence-electron chi connectivity index (χ1n) is 6.29. The van der Waals surface area contributed by atoms with E-state index in [1.54, 1.807) is 6.92 Å². The van der Waals surface area contributed by atoms with Gasteiger partial charge in [-0.2, -0.15) is 0 Å². The van der Waals surface area contributed by atoms with Crippen LogP contribution in [0, 0.1) is 10.1 Å². The summed E-state index contributed by atoms with van der Waals surface area (Å²) in [7, 11) is 0. The molecule has 6 nitrogen and oxygen atoms in total. The van der Waals surface area contributed by atoms with Crippen molar-refractivity contribution in [2.45, 2.75) is 26.7 Å². The molecule has 0 atom stereocenters. The van der Waals surface area contributed by atoms with E-state index in [0.717, 1.165) is 12.8 Å². The van der Waals surface area contributed by atoms with Crippen LogP contribution in [0.25, 0.3) is 0 Å². The van der Waals surface area contributed by atoms with Gasteiger partial charge >= 0.3 is 5.69 Å². The van der Waals surface area contributed by atoms with Crippen molar-refractivity contribution in [2.24, 2.45) is 0 Å². The van der Waals surface area contributed by atoms with Crippen molar-refractivity contribution < 1.29 is 14.5 Å². The number of hydrogen-bond donors (Lipinski definition) is 1. The summed E-state index contributed by atoms with van der Waals surface area (Å²) in [5.74, 6) is -0.128. The largest absolute Gasteiger partial charge is 0.487 e. The summed E-state index contributed by atoms with van der Waals surface area (Å²) in [6.07, 6.45) is 1.86. The van der Waals surface area contributed by atoms with Gasteiger partial charge in [0, 0.05) is 18.2 Å². The smallest absolute Gasteiger partial charge is 0.311 e. The number of unbranched alkanes of at least 4 members (excludes halogenated alkanes) is 1. The summed E-state index contributed by atoms with van der Waals surface area (Å²) in [5, 5.41) is 13.6. The Balaban J connectivity index is 2.88. The van der Waals surface area contributed by atoms with Crippen molar-refractivity contribution in [3.63, 3.8) is 0 Å². The van der Waals surface area contributed by atoms with E-state index in [1.807, 2.05) is 6.92 Å². The molecule has 1 N–H and O–H groups in total. The second-order valence-electron chi connectivity index (χ2n) is 3.98. The Labute approximate surface area is 111 Å². The summed E-state index contributed by atoms with van der Waals surface area (Å²) < 4.78 is 5.16. The topological polar surface area (TPSA) is 81.5 Å². The molecule has 1 aromatic carbocycles. The molecule has 0 aromatic heterocycles. The number of hydrogen-bond acceptors (Lipinski definition) is 4. The molecule has 104 valence electrons. The Kier molecular flexibility index (Phi) is 5.78. The van der Waals surface area contributed by atoms with Gasteiger partial charge in [0.2, 0.25) is 0 Å². The van der Waals surface area contributed by atoms with Crippen LogP contribution >= 0.6 is 0 Å². The third kappa shape index (κ3) is 4.24. The molecule has 1 amide bonds. The quantitative estimate of drug-likeness (QED) is 0.467. The number of nitrogens with zero attached hydrogens (tertiary/aromatic N) is 1. The van der Waals surface area contributed by atoms with Crippen molar-refractivity contribution in [1.29, 1.82) is 0 Å². The lowest BCUT2D eigenvalue weighted by Gasteiger charge is -2.07. The summed E-state index contributed by atoms with van der Waals surface area (Å²) in [6.45, 7) is 4.67. The maximum atomic E-state index is 11.8. The minimum absolute atomic E-state index is 0.178. The van der Waals surface area contributed by atoms with E-state index in [4.69, 9.17) is 4.74 Å². The molecule has 0 saturated carbocycles. The summed E-state index contributed by atoms with van der Waals surface area (Å²) in [5.41, 5.74) is 0.0799. The first-order chi connectivity index (χ1) is 9.10. The molecule has 0 unspecified atom stereocenters. The molecule has 1 rings (SSSR count). The minimum atomic E-state index is -0.548. The Morgan fingerprint density at radius 2 is 2.16 bits per heavy atom. The lowest BCUT2D eigenvalue weighted by molar-refractivity contribution is -0.385. The number of nitro benzene ring substituents is 1. The molecule has 0 fully saturated rings. The van der Waals surface area contributed by atoms with Gasteiger partial charge in [0.05, 0.1) is 11.5 Å². The van der Waals surface area contributed by atoms with Crippen molar-refractivity contribution in [3.8, 4) is 5.75 Å². The standard InChI is InChI=1S/C13H18N2O4/c1-3-5-8-14-13(16)10-6-7-12(19-4-2)11(9-10)15(17)18/h6-7,9H,3-5,8H2,1-2H3,(H,14,16). The van der Waals surface area contributed by atoms with Crippen LogP contribution in [0.1, 0.15) is 37.0 Å². The Bertz CT molecular complexity index is 460. The maximum Gasteiger partial charge on any atom is 0.311 e. The summed E-state index contributed by atoms with van der Waals surface area (Å²) in [6, 6.07) is 4.22. The normalized spacial score (nSPS) is 10.0. The van der Waals surface area contributed by atoms with Crippen molar-refractivity contribution >= 4 is 11.6 Å². The summed E-state index contributed by atoms with van der Waals surface area (Å²) >= 11 is 0. The molecule has 19 heavy (non-hydrogen) atoms. The second-order valence-corrected chi connectivity index (χ2v) is 3.98. The van der Waals surface area contributed by atoms with E-state index in [1.165, 1.54) is 18.2 Å². The lowest BCUT2D eigenvalue weighted by atomic mass is 10.1. The van der Waals surface area contributed by atoms with Gasteiger partial charge in [-0.05, 0) is 25.5 Å². The second kappa shape index (κ2) is 7.35. The molecule has 1 aromatic rings. The number of nitro groups is 1. The van der Waals surface area contributed by atoms with E-state index in [0.29, 0.717) is 13.2 Å². The Morgan fingerprint density at radius 1 is 1.42 bits per heavy atom. The van der Waals surface area contributed by atoms with Crippen LogP contribution in [-0.4, -0.2) is 24.0 Å². The maximum absolute atomic E-state index is 11.8. The van der Waals surface area contributed by atoms with Crippen molar-refractivity contribution in [2.75, 3.05) is 13.2 Å². The highest BCUT2D eigenvalue weighted by Crippen LogP contribution is 2.27. The zero-order valence-electron chi connectivity index (χ0n) is 11.1. The molecule has 0 aliphatic rings. The van der Waals surface area contributed by atoms with E-state index >= 15 is 0 Å². The number of carbonyl (C=O) groups excluding carboxylic acids is 1. The zero-order valence-corrected chi connectivity index (χ0v) is 11.1. The highest BCUT2D eigenvalue weighted by Gasteiger charge is 2.18. The van der Waals surface area contributed by atoms with Gasteiger partial charge in [-0.3, -0.25) is 14.9 Å². The van der Waals surface area contributed by atoms with Crippen LogP contribution in [0.2, 0.25) is 0 Å². The molecular weight excluding hydrogens is 248 g/mol. The van der Waals surface area contributed by atoms with E-state index in [-0.39, 0.29) is 22.9 Å². The summed E-state index contributed by atoms with van der Waals surface area (Å²) in [4.78, 5) is 22.2. The Hall–Kier alpha value is -2.11. The van der Waals surface area contributed by atoms with E-state index < -0.39 is 4.92 Å². The third-order valence-corrected chi connectivity index (χ3v) is 2.53. The lowest BCUT2D eigenvalue weighted by Crippen LogP contribution is -2.24. The molecule has 0 radical (unpaired) electrons. The molecule has 0 spiro atoms. The van der Waals surface area contributed by atoms with Gasteiger partial charge in [0.25, 0.3) is 5.91 Å². The van der Waals surface area contributed by atoms with Crippen LogP contribution in [-0.2, 0) is 0 Å². The highest BCUT2D eigenvalue weighted by molar-refractivity contribution is 5.95. The highest BCUT2D eigenvalue weighted by atomic mass is 16.6. The minimum Gasteiger partial charge on any atom is -0.487 e. The van der Waals surface area contributed by atoms with Crippen LogP contribution < -0.4 is 10.1 Å². The van der Waals surface area contributed by atoms with E-state index in [2.05, 4.69) is 5.32 Å². The zero-order chi connectivity index (χ0) is 14.3. The van der Waals surface area contributed by atoms with Gasteiger partial charge < -0.3 is 10.1 Å². The third-order valence-electron chi connectivity index (χ3n) is 2.53. The molecule has 0 bridgehead atoms. The van der Waals surface area contributed by atoms with Gasteiger partial charge in [0.15, 0.2) is 5.75 Å². The molecular formula is C13H18N2O4. The molecule has 0 saturated heterocycles. The monoisotopic (exact) mass is 266 g/mol. The van der Waals surface area contributed by atoms with Gasteiger partial charge in [-0.25, -0.2) is 0 Å².